The first-order chi connectivity index (χ1) is 20.0. The average molecular weight is 569 g/mol. The summed E-state index contributed by atoms with van der Waals surface area (Å²) in [7, 11) is 0. The Morgan fingerprint density at radius 3 is 2.57 bits per heavy atom. The van der Waals surface area contributed by atoms with E-state index in [4.69, 9.17) is 4.74 Å². The highest BCUT2D eigenvalue weighted by molar-refractivity contribution is 5.92. The number of carbonyl (C=O) groups is 1. The molecule has 1 aromatic carbocycles. The maximum absolute atomic E-state index is 12.0. The summed E-state index contributed by atoms with van der Waals surface area (Å²) < 4.78 is 6.10. The quantitative estimate of drug-likeness (QED) is 0.274. The van der Waals surface area contributed by atoms with Crippen molar-refractivity contribution >= 4 is 22.7 Å². The predicted molar refractivity (Wildman–Crippen MR) is 166 cm³/mol. The van der Waals surface area contributed by atoms with Crippen LogP contribution in [0.1, 0.15) is 76.6 Å². The number of aromatic amines is 1. The van der Waals surface area contributed by atoms with Crippen molar-refractivity contribution in [3.05, 3.63) is 59.4 Å². The van der Waals surface area contributed by atoms with Crippen molar-refractivity contribution in [3.63, 3.8) is 0 Å². The number of carboxylic acid groups (broad SMARTS) is 1. The molecule has 3 aromatic rings. The molecule has 4 aliphatic carbocycles. The number of piperazine rings is 1. The number of carboxylic acids is 1. The molecule has 2 N–H and O–H groups in total. The van der Waals surface area contributed by atoms with Gasteiger partial charge in [-0.05, 0) is 85.0 Å². The highest BCUT2D eigenvalue weighted by atomic mass is 16.5. The Balaban J connectivity index is 1.04. The minimum atomic E-state index is -1.00. The topological polar surface area (TPSA) is 81.7 Å². The van der Waals surface area contributed by atoms with Crippen LogP contribution in [-0.2, 0) is 0 Å². The Kier molecular flexibility index (Phi) is 6.46. The third-order valence-electron chi connectivity index (χ3n) is 11.1. The van der Waals surface area contributed by atoms with Gasteiger partial charge >= 0.3 is 5.97 Å². The zero-order valence-corrected chi connectivity index (χ0v) is 25.5. The monoisotopic (exact) mass is 568 g/mol. The van der Waals surface area contributed by atoms with Crippen LogP contribution in [0.4, 0.5) is 5.69 Å². The Labute approximate surface area is 249 Å². The van der Waals surface area contributed by atoms with Crippen molar-refractivity contribution < 1.29 is 14.6 Å². The molecule has 0 spiro atoms. The smallest absolute Gasteiger partial charge is 0.339 e. The van der Waals surface area contributed by atoms with Gasteiger partial charge < -0.3 is 19.7 Å². The lowest BCUT2D eigenvalue weighted by Gasteiger charge is -2.75. The molecule has 222 valence electrons. The van der Waals surface area contributed by atoms with Gasteiger partial charge in [0.1, 0.15) is 22.7 Å². The summed E-state index contributed by atoms with van der Waals surface area (Å²) >= 11 is 0. The largest absolute Gasteiger partial charge is 0.478 e. The summed E-state index contributed by atoms with van der Waals surface area (Å²) in [6.07, 6.45) is 11.5. The van der Waals surface area contributed by atoms with Crippen LogP contribution in [0.25, 0.3) is 11.0 Å². The number of pyridine rings is 1. The second-order valence-corrected chi connectivity index (χ2v) is 14.7. The number of aromatic nitrogens is 2. The molecule has 0 unspecified atom stereocenters. The lowest BCUT2D eigenvalue weighted by Crippen LogP contribution is -2.65. The maximum atomic E-state index is 12.0. The molecule has 0 amide bonds. The zero-order valence-electron chi connectivity index (χ0n) is 25.5. The Morgan fingerprint density at radius 2 is 1.86 bits per heavy atom. The minimum Gasteiger partial charge on any atom is -0.478 e. The normalized spacial score (nSPS) is 27.2. The fraction of sp³-hybridized carbons (Fsp3) is 0.543. The summed E-state index contributed by atoms with van der Waals surface area (Å²) in [5.74, 6) is 0.675. The molecule has 1 saturated heterocycles. The number of nitrogens with zero attached hydrogens (tertiary/aromatic N) is 3. The fourth-order valence-electron chi connectivity index (χ4n) is 8.37. The minimum absolute atomic E-state index is 0.152. The van der Waals surface area contributed by atoms with Crippen LogP contribution in [0.2, 0.25) is 0 Å². The molecule has 7 heteroatoms. The van der Waals surface area contributed by atoms with Crippen molar-refractivity contribution in [2.24, 2.45) is 22.2 Å². The first-order valence-electron chi connectivity index (χ1n) is 15.7. The number of anilines is 1. The number of hydrogen-bond acceptors (Lipinski definition) is 5. The summed E-state index contributed by atoms with van der Waals surface area (Å²) in [5.41, 5.74) is 7.07. The van der Waals surface area contributed by atoms with Gasteiger partial charge in [0.2, 0.25) is 0 Å². The van der Waals surface area contributed by atoms with Gasteiger partial charge in [-0.15, -0.1) is 0 Å². The van der Waals surface area contributed by atoms with Gasteiger partial charge in [-0.2, -0.15) is 0 Å². The second-order valence-electron chi connectivity index (χ2n) is 14.7. The maximum Gasteiger partial charge on any atom is 0.339 e. The molecule has 8 rings (SSSR count). The van der Waals surface area contributed by atoms with Crippen molar-refractivity contribution in [1.82, 2.24) is 14.9 Å². The van der Waals surface area contributed by atoms with Crippen LogP contribution in [0, 0.1) is 22.2 Å². The molecular weight excluding hydrogens is 524 g/mol. The van der Waals surface area contributed by atoms with Gasteiger partial charge in [0, 0.05) is 56.1 Å². The molecule has 0 atom stereocenters. The van der Waals surface area contributed by atoms with Crippen molar-refractivity contribution in [1.29, 1.82) is 0 Å². The Bertz CT molecular complexity index is 1540. The van der Waals surface area contributed by atoms with Crippen molar-refractivity contribution in [2.75, 3.05) is 37.6 Å². The van der Waals surface area contributed by atoms with Crippen LogP contribution < -0.4 is 9.64 Å². The molecule has 5 aliphatic rings. The number of fused-ring (bicyclic) bond motifs is 1. The van der Waals surface area contributed by atoms with E-state index in [1.165, 1.54) is 38.5 Å². The van der Waals surface area contributed by atoms with Crippen molar-refractivity contribution in [3.8, 4) is 11.5 Å². The molecule has 7 nitrogen and oxygen atoms in total. The summed E-state index contributed by atoms with van der Waals surface area (Å²) in [5, 5.41) is 10.7. The standard InChI is InChI=1S/C35H44N4O3/c1-23(2)34-20-35(21-34,22-34)29-17-33(3,4)9-7-25(29)19-38-11-13-39(14-12-38)26-5-6-28(32(40)41)30(16-26)42-27-15-24-8-10-36-31(24)37-18-27/h5-6,8,10,15-16,18,23H,7,9,11-14,17,19-22H2,1-4H3,(H,36,37)(H,40,41). The Hall–Kier alpha value is -3.32. The second kappa shape index (κ2) is 9.87. The number of rotatable bonds is 8. The van der Waals surface area contributed by atoms with Crippen LogP contribution >= 0.6 is 0 Å². The first kappa shape index (κ1) is 27.5. The molecule has 3 saturated carbocycles. The van der Waals surface area contributed by atoms with E-state index in [1.807, 2.05) is 36.0 Å². The third-order valence-corrected chi connectivity index (χ3v) is 11.1. The molecule has 2 bridgehead atoms. The lowest BCUT2D eigenvalue weighted by molar-refractivity contribution is -0.208. The predicted octanol–water partition coefficient (Wildman–Crippen LogP) is 7.51. The molecular formula is C35H44N4O3. The first-order valence-corrected chi connectivity index (χ1v) is 15.7. The van der Waals surface area contributed by atoms with Gasteiger partial charge in [0.05, 0.1) is 6.20 Å². The van der Waals surface area contributed by atoms with Gasteiger partial charge in [-0.25, -0.2) is 9.78 Å². The molecule has 42 heavy (non-hydrogen) atoms. The molecule has 4 fully saturated rings. The van der Waals surface area contributed by atoms with E-state index in [9.17, 15) is 9.90 Å². The third kappa shape index (κ3) is 4.70. The number of nitrogens with one attached hydrogen (secondary N) is 1. The van der Waals surface area contributed by atoms with Gasteiger partial charge in [0.15, 0.2) is 0 Å². The van der Waals surface area contributed by atoms with E-state index >= 15 is 0 Å². The van der Waals surface area contributed by atoms with Crippen LogP contribution in [-0.4, -0.2) is 58.7 Å². The van der Waals surface area contributed by atoms with Gasteiger partial charge in [0.25, 0.3) is 0 Å². The lowest BCUT2D eigenvalue weighted by atomic mass is 9.29. The van der Waals surface area contributed by atoms with Crippen LogP contribution in [0.3, 0.4) is 0 Å². The summed E-state index contributed by atoms with van der Waals surface area (Å²) in [6, 6.07) is 9.25. The van der Waals surface area contributed by atoms with E-state index in [2.05, 4.69) is 47.5 Å². The average Bonchev–Trinajstić information content (AvgIpc) is 3.36. The van der Waals surface area contributed by atoms with E-state index < -0.39 is 5.97 Å². The van der Waals surface area contributed by atoms with Crippen molar-refractivity contribution in [2.45, 2.75) is 66.2 Å². The molecule has 3 heterocycles. The van der Waals surface area contributed by atoms with E-state index in [0.29, 0.717) is 27.7 Å². The summed E-state index contributed by atoms with van der Waals surface area (Å²) in [6.45, 7) is 14.7. The number of benzene rings is 1. The van der Waals surface area contributed by atoms with Crippen LogP contribution in [0.5, 0.6) is 11.5 Å². The van der Waals surface area contributed by atoms with Crippen LogP contribution in [0.15, 0.2) is 53.9 Å². The van der Waals surface area contributed by atoms with Gasteiger partial charge in [-0.3, -0.25) is 4.90 Å². The van der Waals surface area contributed by atoms with E-state index in [-0.39, 0.29) is 5.56 Å². The van der Waals surface area contributed by atoms with E-state index in [1.54, 1.807) is 17.8 Å². The highest BCUT2D eigenvalue weighted by Crippen LogP contribution is 2.80. The number of ether oxygens (including phenoxy) is 1. The number of aromatic carboxylic acids is 1. The Morgan fingerprint density at radius 1 is 1.10 bits per heavy atom. The molecule has 0 radical (unpaired) electrons. The van der Waals surface area contributed by atoms with Gasteiger partial charge in [-0.1, -0.05) is 38.8 Å². The fourth-order valence-corrected chi connectivity index (χ4v) is 8.37. The SMILES string of the molecule is CC(C)C12CC(C3=C(CN4CCN(c5ccc(C(=O)O)c(Oc6cnc7[nH]ccc7c6)c5)CC4)CCC(C)(C)C3)(C1)C2. The summed E-state index contributed by atoms with van der Waals surface area (Å²) in [4.78, 5) is 24.5. The number of hydrogen-bond donors (Lipinski definition) is 2. The number of H-pyrrole nitrogens is 1. The van der Waals surface area contributed by atoms with E-state index in [0.717, 1.165) is 55.4 Å². The molecule has 2 aromatic heterocycles. The number of allylic oxidation sites excluding steroid dienone is 1. The molecule has 1 aliphatic heterocycles. The zero-order chi connectivity index (χ0) is 29.3. The highest BCUT2D eigenvalue weighted by Gasteiger charge is 2.70.